The Labute approximate surface area is 281 Å². The van der Waals surface area contributed by atoms with E-state index in [2.05, 4.69) is 31.6 Å². The van der Waals surface area contributed by atoms with Crippen LogP contribution in [0, 0.1) is 16.2 Å². The SMILES string of the molecule is N=C(N)NC(=N)NCCCCCCNC(=N)NC(=Nc1ccc(Cl)cc1)Nc1ccc(Cl)cc1.O=C(O)[C@H](O)[C@@H](O)[C@H](O)[C@H](O)CO. The molecule has 17 nitrogen and oxygen atoms in total. The van der Waals surface area contributed by atoms with Gasteiger partial charge in [-0.15, -0.1) is 0 Å². The summed E-state index contributed by atoms with van der Waals surface area (Å²) >= 11 is 11.9. The van der Waals surface area contributed by atoms with Gasteiger partial charge in [-0.1, -0.05) is 36.0 Å². The van der Waals surface area contributed by atoms with Crippen LogP contribution in [0.5, 0.6) is 0 Å². The lowest BCUT2D eigenvalue weighted by Crippen LogP contribution is -2.48. The number of rotatable bonds is 14. The molecule has 2 rings (SSSR count). The summed E-state index contributed by atoms with van der Waals surface area (Å²) in [6.07, 6.45) is -4.10. The third-order valence-corrected chi connectivity index (χ3v) is 6.40. The van der Waals surface area contributed by atoms with E-state index in [9.17, 15) is 4.79 Å². The Bertz CT molecular complexity index is 1300. The van der Waals surface area contributed by atoms with Gasteiger partial charge in [-0.3, -0.25) is 26.9 Å². The van der Waals surface area contributed by atoms with Gasteiger partial charge in [-0.25, -0.2) is 9.79 Å². The molecule has 0 fully saturated rings. The molecule has 0 bridgehead atoms. The van der Waals surface area contributed by atoms with Crippen LogP contribution in [0.3, 0.4) is 0 Å². The summed E-state index contributed by atoms with van der Waals surface area (Å²) in [5, 5.41) is 90.3. The standard InChI is InChI=1S/C22H30Cl2N10.C6H12O7/c23-15-5-9-17(10-6-15)31-22(32-18-11-7-16(24)8-12-18)34-21(28)30-14-4-2-1-3-13-29-20(27)33-19(25)26;7-1-2(8)3(9)4(10)5(11)6(12)13/h5-12H,1-4,13-14H2,(H6,25,26,27,29,33)(H4,28,30,31,32,34);2-5,7-11H,1H2,(H,12,13)/t;2-,3-,4+,5-/m.1/s1. The van der Waals surface area contributed by atoms with Crippen LogP contribution in [0.1, 0.15) is 25.7 Å². The fourth-order valence-electron chi connectivity index (χ4n) is 3.44. The first-order valence-corrected chi connectivity index (χ1v) is 14.9. The average molecular weight is 702 g/mol. The molecule has 47 heavy (non-hydrogen) atoms. The normalized spacial score (nSPS) is 13.5. The highest BCUT2D eigenvalue weighted by atomic mass is 35.5. The van der Waals surface area contributed by atoms with Gasteiger partial charge in [0.2, 0.25) is 5.96 Å². The molecule has 0 saturated carbocycles. The molecule has 0 amide bonds. The number of carbonyl (C=O) groups is 1. The second kappa shape index (κ2) is 22.3. The van der Waals surface area contributed by atoms with Crippen LogP contribution >= 0.6 is 23.2 Å². The Kier molecular flexibility index (Phi) is 19.4. The van der Waals surface area contributed by atoms with E-state index in [-0.39, 0.29) is 17.9 Å². The molecule has 0 spiro atoms. The molecule has 0 aliphatic carbocycles. The third-order valence-electron chi connectivity index (χ3n) is 5.89. The maximum atomic E-state index is 10.1. The zero-order valence-corrected chi connectivity index (χ0v) is 26.8. The maximum Gasteiger partial charge on any atom is 0.335 e. The average Bonchev–Trinajstić information content (AvgIpc) is 3.02. The van der Waals surface area contributed by atoms with E-state index in [1.807, 2.05) is 12.1 Å². The summed E-state index contributed by atoms with van der Waals surface area (Å²) in [7, 11) is 0. The van der Waals surface area contributed by atoms with Crippen LogP contribution in [-0.2, 0) is 4.79 Å². The molecule has 0 aliphatic rings. The number of guanidine groups is 4. The van der Waals surface area contributed by atoms with Crippen LogP contribution in [0.2, 0.25) is 10.0 Å². The van der Waals surface area contributed by atoms with Gasteiger partial charge in [0, 0.05) is 28.8 Å². The van der Waals surface area contributed by atoms with E-state index >= 15 is 0 Å². The summed E-state index contributed by atoms with van der Waals surface area (Å²) < 4.78 is 0. The third kappa shape index (κ3) is 17.9. The minimum Gasteiger partial charge on any atom is -0.479 e. The molecular weight excluding hydrogens is 659 g/mol. The first-order valence-electron chi connectivity index (χ1n) is 14.2. The number of aliphatic carboxylic acids is 1. The molecule has 16 N–H and O–H groups in total. The van der Waals surface area contributed by atoms with Crippen LogP contribution in [-0.4, -0.2) is 105 Å². The number of aliphatic hydroxyl groups is 5. The van der Waals surface area contributed by atoms with E-state index in [0.717, 1.165) is 31.4 Å². The van der Waals surface area contributed by atoms with Gasteiger partial charge in [0.1, 0.15) is 18.3 Å². The Hall–Kier alpha value is -4.23. The highest BCUT2D eigenvalue weighted by Crippen LogP contribution is 2.17. The lowest BCUT2D eigenvalue weighted by Gasteiger charge is -2.23. The van der Waals surface area contributed by atoms with Gasteiger partial charge in [-0.2, -0.15) is 0 Å². The Morgan fingerprint density at radius 2 is 1.28 bits per heavy atom. The predicted molar refractivity (Wildman–Crippen MR) is 180 cm³/mol. The summed E-state index contributed by atoms with van der Waals surface area (Å²) in [5.41, 5.74) is 6.62. The van der Waals surface area contributed by atoms with Gasteiger partial charge < -0.3 is 52.3 Å². The number of unbranched alkanes of at least 4 members (excludes halogenated alkanes) is 3. The number of carboxylic acid groups (broad SMARTS) is 1. The van der Waals surface area contributed by atoms with Gasteiger partial charge in [0.15, 0.2) is 24.0 Å². The Morgan fingerprint density at radius 3 is 1.74 bits per heavy atom. The first-order chi connectivity index (χ1) is 22.2. The second-order valence-electron chi connectivity index (χ2n) is 9.76. The predicted octanol–water partition coefficient (Wildman–Crippen LogP) is 0.282. The second-order valence-corrected chi connectivity index (χ2v) is 10.6. The van der Waals surface area contributed by atoms with Crippen molar-refractivity contribution in [2.24, 2.45) is 10.7 Å². The van der Waals surface area contributed by atoms with Crippen molar-refractivity contribution in [3.05, 3.63) is 58.6 Å². The van der Waals surface area contributed by atoms with E-state index in [0.29, 0.717) is 34.8 Å². The molecule has 0 aliphatic heterocycles. The molecular formula is C28H42Cl2N10O7. The smallest absolute Gasteiger partial charge is 0.335 e. The quantitative estimate of drug-likeness (QED) is 0.0716. The van der Waals surface area contributed by atoms with E-state index in [1.165, 1.54) is 0 Å². The molecule has 260 valence electrons. The number of nitrogens with zero attached hydrogens (tertiary/aromatic N) is 1. The summed E-state index contributed by atoms with van der Waals surface area (Å²) in [6.45, 7) is 0.422. The zero-order chi connectivity index (χ0) is 35.4. The van der Waals surface area contributed by atoms with Crippen LogP contribution < -0.4 is 32.3 Å². The molecule has 2 aromatic carbocycles. The number of halogens is 2. The molecule has 0 unspecified atom stereocenters. The van der Waals surface area contributed by atoms with Gasteiger partial charge in [0.05, 0.1) is 12.3 Å². The molecule has 0 radical (unpaired) electrons. The van der Waals surface area contributed by atoms with E-state index in [1.54, 1.807) is 36.4 Å². The number of hydrogen-bond donors (Lipinski definition) is 15. The number of anilines is 1. The lowest BCUT2D eigenvalue weighted by molar-refractivity contribution is -0.164. The summed E-state index contributed by atoms with van der Waals surface area (Å²) in [6, 6.07) is 14.3. The van der Waals surface area contributed by atoms with Crippen molar-refractivity contribution < 1.29 is 35.4 Å². The van der Waals surface area contributed by atoms with E-state index in [4.69, 9.17) is 75.8 Å². The fraction of sp³-hybridized carbons (Fsp3) is 0.393. The van der Waals surface area contributed by atoms with Gasteiger partial charge in [-0.05, 0) is 61.4 Å². The largest absolute Gasteiger partial charge is 0.479 e. The monoisotopic (exact) mass is 700 g/mol. The minimum absolute atomic E-state index is 0.0250. The van der Waals surface area contributed by atoms with Gasteiger partial charge >= 0.3 is 5.97 Å². The van der Waals surface area contributed by atoms with Crippen molar-refractivity contribution in [3.63, 3.8) is 0 Å². The number of nitrogens with two attached hydrogens (primary N) is 1. The van der Waals surface area contributed by atoms with Crippen molar-refractivity contribution in [1.29, 1.82) is 16.2 Å². The molecule has 19 heteroatoms. The van der Waals surface area contributed by atoms with Crippen molar-refractivity contribution in [3.8, 4) is 0 Å². The number of aliphatic imine (C=N–C) groups is 1. The minimum atomic E-state index is -2.20. The number of aliphatic hydroxyl groups excluding tert-OH is 5. The van der Waals surface area contributed by atoms with Gasteiger partial charge in [0.25, 0.3) is 0 Å². The number of carboxylic acids is 1. The molecule has 0 saturated heterocycles. The van der Waals surface area contributed by atoms with Crippen LogP contribution in [0.4, 0.5) is 11.4 Å². The molecule has 0 heterocycles. The molecule has 2 aromatic rings. The van der Waals surface area contributed by atoms with Crippen LogP contribution in [0.15, 0.2) is 53.5 Å². The number of nitrogens with one attached hydrogen (secondary N) is 8. The molecule has 0 aromatic heterocycles. The zero-order valence-electron chi connectivity index (χ0n) is 25.2. The first kappa shape index (κ1) is 40.8. The fourth-order valence-corrected chi connectivity index (χ4v) is 3.69. The highest BCUT2D eigenvalue weighted by Gasteiger charge is 2.33. The summed E-state index contributed by atoms with van der Waals surface area (Å²) in [5.74, 6) is -1.45. The van der Waals surface area contributed by atoms with Crippen molar-refractivity contribution in [2.45, 2.75) is 50.1 Å². The lowest BCUT2D eigenvalue weighted by atomic mass is 10.0. The number of hydrogen-bond acceptors (Lipinski definition) is 10. The van der Waals surface area contributed by atoms with Crippen molar-refractivity contribution in [1.82, 2.24) is 21.3 Å². The van der Waals surface area contributed by atoms with E-state index < -0.39 is 37.0 Å². The topological polar surface area (TPSA) is 309 Å². The van der Waals surface area contributed by atoms with Crippen LogP contribution in [0.25, 0.3) is 0 Å². The van der Waals surface area contributed by atoms with Crippen molar-refractivity contribution >= 4 is 64.4 Å². The Balaban J connectivity index is 0.000000716. The van der Waals surface area contributed by atoms with Crippen molar-refractivity contribution in [2.75, 3.05) is 25.0 Å². The maximum absolute atomic E-state index is 10.1. The number of benzene rings is 2. The summed E-state index contributed by atoms with van der Waals surface area (Å²) in [4.78, 5) is 14.6. The Morgan fingerprint density at radius 1 is 0.787 bits per heavy atom. The highest BCUT2D eigenvalue weighted by molar-refractivity contribution is 6.31. The molecule has 4 atom stereocenters.